The van der Waals surface area contributed by atoms with E-state index < -0.39 is 18.0 Å². The van der Waals surface area contributed by atoms with Gasteiger partial charge in [-0.3, -0.25) is 4.79 Å². The van der Waals surface area contributed by atoms with Gasteiger partial charge in [-0.15, -0.1) is 18.3 Å². The second-order valence-corrected chi connectivity index (χ2v) is 7.46. The third kappa shape index (κ3) is 5.24. The van der Waals surface area contributed by atoms with Crippen LogP contribution in [0.2, 0.25) is 0 Å². The number of rotatable bonds is 6. The van der Waals surface area contributed by atoms with Crippen LogP contribution in [-0.4, -0.2) is 39.1 Å². The summed E-state index contributed by atoms with van der Waals surface area (Å²) in [4.78, 5) is 21.1. The minimum Gasteiger partial charge on any atom is -0.406 e. The highest BCUT2D eigenvalue weighted by molar-refractivity contribution is 9.10. The molecule has 2 heterocycles. The molecule has 9 nitrogen and oxygen atoms in total. The predicted molar refractivity (Wildman–Crippen MR) is 103 cm³/mol. The first-order valence-electron chi connectivity index (χ1n) is 8.03. The van der Waals surface area contributed by atoms with Crippen LogP contribution in [0, 0.1) is 11.3 Å². The Bertz CT molecular complexity index is 1120. The Morgan fingerprint density at radius 3 is 2.80 bits per heavy atom. The van der Waals surface area contributed by atoms with E-state index in [1.807, 2.05) is 6.07 Å². The molecular weight excluding hydrogens is 491 g/mol. The molecule has 1 aromatic carbocycles. The summed E-state index contributed by atoms with van der Waals surface area (Å²) in [7, 11) is 1.61. The highest BCUT2D eigenvalue weighted by Crippen LogP contribution is 2.27. The fourth-order valence-corrected chi connectivity index (χ4v) is 3.44. The van der Waals surface area contributed by atoms with Gasteiger partial charge in [0.1, 0.15) is 16.7 Å². The number of carbonyl (C=O) groups is 1. The third-order valence-electron chi connectivity index (χ3n) is 3.46. The smallest absolute Gasteiger partial charge is 0.406 e. The van der Waals surface area contributed by atoms with Gasteiger partial charge < -0.3 is 15.4 Å². The summed E-state index contributed by atoms with van der Waals surface area (Å²) in [6.07, 6.45) is -3.50. The van der Waals surface area contributed by atoms with Gasteiger partial charge >= 0.3 is 6.36 Å². The fraction of sp³-hybridized carbons (Fsp3) is 0.188. The van der Waals surface area contributed by atoms with Crippen molar-refractivity contribution in [3.8, 4) is 17.0 Å². The van der Waals surface area contributed by atoms with Crippen molar-refractivity contribution >= 4 is 39.1 Å². The Balaban J connectivity index is 1.80. The number of nitrogens with one attached hydrogen (secondary N) is 2. The molecule has 0 radical (unpaired) electrons. The Morgan fingerprint density at radius 1 is 1.40 bits per heavy atom. The molecule has 0 saturated heterocycles. The number of anilines is 1. The van der Waals surface area contributed by atoms with Gasteiger partial charge in [0.25, 0.3) is 5.91 Å². The zero-order valence-electron chi connectivity index (χ0n) is 15.0. The first-order valence-corrected chi connectivity index (χ1v) is 9.64. The molecule has 0 aliphatic heterocycles. The molecule has 0 bridgehead atoms. The highest BCUT2D eigenvalue weighted by atomic mass is 79.9. The lowest BCUT2D eigenvalue weighted by Gasteiger charge is -2.11. The lowest BCUT2D eigenvalue weighted by Crippen LogP contribution is -2.25. The van der Waals surface area contributed by atoms with Crippen LogP contribution in [0.25, 0.3) is 5.13 Å². The summed E-state index contributed by atoms with van der Waals surface area (Å²) in [6, 6.07) is 5.38. The second kappa shape index (κ2) is 8.67. The minimum atomic E-state index is -4.88. The van der Waals surface area contributed by atoms with Crippen LogP contribution in [0.4, 0.5) is 19.1 Å². The summed E-state index contributed by atoms with van der Waals surface area (Å²) in [5.74, 6) is -0.625. The van der Waals surface area contributed by atoms with E-state index >= 15 is 0 Å². The molecule has 14 heteroatoms. The first kappa shape index (κ1) is 21.5. The molecule has 0 aliphatic rings. The van der Waals surface area contributed by atoms with Crippen molar-refractivity contribution in [3.05, 3.63) is 45.1 Å². The van der Waals surface area contributed by atoms with E-state index in [1.165, 1.54) is 16.9 Å². The number of thiazole rings is 1. The molecule has 0 unspecified atom stereocenters. The van der Waals surface area contributed by atoms with Crippen LogP contribution in [0.15, 0.2) is 28.9 Å². The van der Waals surface area contributed by atoms with E-state index in [0.29, 0.717) is 15.8 Å². The first-order chi connectivity index (χ1) is 14.2. The van der Waals surface area contributed by atoms with E-state index in [-0.39, 0.29) is 22.5 Å². The van der Waals surface area contributed by atoms with Gasteiger partial charge in [0.15, 0.2) is 5.82 Å². The molecule has 30 heavy (non-hydrogen) atoms. The highest BCUT2D eigenvalue weighted by Gasteiger charge is 2.31. The zero-order valence-corrected chi connectivity index (χ0v) is 17.4. The van der Waals surface area contributed by atoms with Crippen LogP contribution in [-0.2, 0) is 6.54 Å². The van der Waals surface area contributed by atoms with Crippen LogP contribution < -0.4 is 15.4 Å². The van der Waals surface area contributed by atoms with Gasteiger partial charge in [0, 0.05) is 17.1 Å². The van der Waals surface area contributed by atoms with Gasteiger partial charge in [-0.05, 0) is 18.2 Å². The van der Waals surface area contributed by atoms with Crippen molar-refractivity contribution in [2.75, 3.05) is 12.4 Å². The number of carbonyl (C=O) groups excluding carboxylic acids is 1. The number of ether oxygens (including phenoxy) is 1. The number of aromatic nitrogens is 4. The number of nitrogens with zero attached hydrogens (tertiary/aromatic N) is 5. The summed E-state index contributed by atoms with van der Waals surface area (Å²) in [6.45, 7) is -0.100. The summed E-state index contributed by atoms with van der Waals surface area (Å²) in [5.41, 5.74) is -0.0513. The van der Waals surface area contributed by atoms with E-state index in [1.54, 1.807) is 7.05 Å². The van der Waals surface area contributed by atoms with Crippen LogP contribution in [0.3, 0.4) is 0 Å². The van der Waals surface area contributed by atoms with Gasteiger partial charge in [-0.1, -0.05) is 27.3 Å². The van der Waals surface area contributed by atoms with Crippen molar-refractivity contribution in [3.63, 3.8) is 0 Å². The lowest BCUT2D eigenvalue weighted by atomic mass is 10.2. The average Bonchev–Trinajstić information content (AvgIpc) is 3.30. The molecule has 156 valence electrons. The molecule has 0 fully saturated rings. The molecule has 2 N–H and O–H groups in total. The molecule has 3 aromatic rings. The van der Waals surface area contributed by atoms with Crippen LogP contribution in [0.1, 0.15) is 21.1 Å². The maximum absolute atomic E-state index is 12.5. The Kier molecular flexibility index (Phi) is 6.22. The predicted octanol–water partition coefficient (Wildman–Crippen LogP) is 3.23. The number of hydrogen-bond acceptors (Lipinski definition) is 8. The standard InChI is InChI=1S/C16H11BrF3N7O2S/c1-22-14-25-12(27(26-14)15-24-6-11(5-21)30-15)7-23-13(28)8-2-9(17)4-10(3-8)29-16(18,19)20/h2-4,6H,7H2,1H3,(H,22,26)(H,23,28). The van der Waals surface area contributed by atoms with Gasteiger partial charge in [-0.25, -0.2) is 4.98 Å². The molecule has 0 saturated carbocycles. The number of halogens is 4. The number of nitriles is 1. The summed E-state index contributed by atoms with van der Waals surface area (Å²) >= 11 is 4.14. The number of alkyl halides is 3. The topological polar surface area (TPSA) is 118 Å². The summed E-state index contributed by atoms with van der Waals surface area (Å²) < 4.78 is 42.8. The molecular formula is C16H11BrF3N7O2S. The average molecular weight is 502 g/mol. The molecule has 0 aliphatic carbocycles. The van der Waals surface area contributed by atoms with Gasteiger partial charge in [-0.2, -0.15) is 14.9 Å². The number of hydrogen-bond donors (Lipinski definition) is 2. The monoisotopic (exact) mass is 501 g/mol. The second-order valence-electron chi connectivity index (χ2n) is 5.54. The largest absolute Gasteiger partial charge is 0.573 e. The van der Waals surface area contributed by atoms with E-state index in [0.717, 1.165) is 23.5 Å². The number of benzene rings is 1. The van der Waals surface area contributed by atoms with E-state index in [4.69, 9.17) is 5.26 Å². The van der Waals surface area contributed by atoms with E-state index in [9.17, 15) is 18.0 Å². The maximum atomic E-state index is 12.5. The SMILES string of the molecule is CNc1nc(CNC(=O)c2cc(Br)cc(OC(F)(F)F)c2)n(-c2ncc(C#N)s2)n1. The molecule has 0 atom stereocenters. The molecule has 0 spiro atoms. The molecule has 2 aromatic heterocycles. The van der Waals surface area contributed by atoms with Crippen molar-refractivity contribution in [2.24, 2.45) is 0 Å². The Morgan fingerprint density at radius 2 is 2.17 bits per heavy atom. The number of amides is 1. The van der Waals surface area contributed by atoms with E-state index in [2.05, 4.69) is 46.4 Å². The Hall–Kier alpha value is -3.18. The van der Waals surface area contributed by atoms with Crippen molar-refractivity contribution in [1.82, 2.24) is 25.1 Å². The maximum Gasteiger partial charge on any atom is 0.573 e. The van der Waals surface area contributed by atoms with Gasteiger partial charge in [0.2, 0.25) is 11.1 Å². The quantitative estimate of drug-likeness (QED) is 0.532. The van der Waals surface area contributed by atoms with Crippen molar-refractivity contribution in [2.45, 2.75) is 12.9 Å². The van der Waals surface area contributed by atoms with Gasteiger partial charge in [0.05, 0.1) is 12.7 Å². The normalized spacial score (nSPS) is 11.1. The Labute approximate surface area is 179 Å². The third-order valence-corrected chi connectivity index (χ3v) is 4.79. The van der Waals surface area contributed by atoms with Crippen LogP contribution in [0.5, 0.6) is 5.75 Å². The molecule has 3 rings (SSSR count). The summed E-state index contributed by atoms with van der Waals surface area (Å²) in [5, 5.41) is 18.8. The lowest BCUT2D eigenvalue weighted by molar-refractivity contribution is -0.274. The van der Waals surface area contributed by atoms with Crippen molar-refractivity contribution in [1.29, 1.82) is 5.26 Å². The fourth-order valence-electron chi connectivity index (χ4n) is 2.28. The zero-order chi connectivity index (χ0) is 21.9. The molecule has 1 amide bonds. The minimum absolute atomic E-state index is 0.0513. The van der Waals surface area contributed by atoms with Crippen LogP contribution >= 0.6 is 27.3 Å². The van der Waals surface area contributed by atoms with Crippen molar-refractivity contribution < 1.29 is 22.7 Å².